The number of fused-ring (bicyclic) bond motifs is 2. The summed E-state index contributed by atoms with van der Waals surface area (Å²) >= 11 is 0. The van der Waals surface area contributed by atoms with E-state index in [1.807, 2.05) is 7.05 Å². The molecule has 1 amide bonds. The summed E-state index contributed by atoms with van der Waals surface area (Å²) in [5.74, 6) is 1.70. The third-order valence-electron chi connectivity index (χ3n) is 3.29. The maximum Gasteiger partial charge on any atom is 0.223 e. The van der Waals surface area contributed by atoms with Crippen LogP contribution in [0.4, 0.5) is 0 Å². The standard InChI is InChI=1S/C11H18N2O/c1-12-4-5-13-11(14)10-7-8-2-3-9(10)6-8/h2-3,8-10,12H,4-7H2,1H3,(H,13,14). The van der Waals surface area contributed by atoms with Crippen LogP contribution in [-0.4, -0.2) is 26.0 Å². The van der Waals surface area contributed by atoms with Crippen LogP contribution in [0, 0.1) is 17.8 Å². The van der Waals surface area contributed by atoms with Gasteiger partial charge in [0.1, 0.15) is 0 Å². The van der Waals surface area contributed by atoms with E-state index in [0.717, 1.165) is 19.5 Å². The predicted molar refractivity (Wildman–Crippen MR) is 55.8 cm³/mol. The van der Waals surface area contributed by atoms with Crippen LogP contribution < -0.4 is 10.6 Å². The summed E-state index contributed by atoms with van der Waals surface area (Å²) in [6.45, 7) is 1.59. The number of hydrogen-bond acceptors (Lipinski definition) is 2. The van der Waals surface area contributed by atoms with Gasteiger partial charge >= 0.3 is 0 Å². The van der Waals surface area contributed by atoms with Gasteiger partial charge in [-0.25, -0.2) is 0 Å². The minimum Gasteiger partial charge on any atom is -0.355 e. The molecular weight excluding hydrogens is 176 g/mol. The molecule has 0 spiro atoms. The van der Waals surface area contributed by atoms with Gasteiger partial charge in [0.25, 0.3) is 0 Å². The normalized spacial score (nSPS) is 33.6. The lowest BCUT2D eigenvalue weighted by Gasteiger charge is -2.17. The summed E-state index contributed by atoms with van der Waals surface area (Å²) in [6.07, 6.45) is 6.75. The second kappa shape index (κ2) is 4.13. The highest BCUT2D eigenvalue weighted by molar-refractivity contribution is 5.79. The molecule has 3 nitrogen and oxygen atoms in total. The van der Waals surface area contributed by atoms with Crippen molar-refractivity contribution < 1.29 is 4.79 Å². The van der Waals surface area contributed by atoms with Crippen molar-refractivity contribution in [3.63, 3.8) is 0 Å². The van der Waals surface area contributed by atoms with Crippen LogP contribution in [-0.2, 0) is 4.79 Å². The second-order valence-corrected chi connectivity index (χ2v) is 4.28. The Morgan fingerprint density at radius 3 is 2.79 bits per heavy atom. The number of hydrogen-bond donors (Lipinski definition) is 2. The Morgan fingerprint density at radius 2 is 2.21 bits per heavy atom. The highest BCUT2D eigenvalue weighted by Crippen LogP contribution is 2.43. The fraction of sp³-hybridized carbons (Fsp3) is 0.727. The molecule has 1 fully saturated rings. The Labute approximate surface area is 84.9 Å². The van der Waals surface area contributed by atoms with E-state index in [1.165, 1.54) is 6.42 Å². The molecule has 2 aliphatic rings. The van der Waals surface area contributed by atoms with E-state index in [2.05, 4.69) is 22.8 Å². The Bertz CT molecular complexity index is 250. The Hall–Kier alpha value is -0.830. The highest BCUT2D eigenvalue weighted by atomic mass is 16.1. The predicted octanol–water partition coefficient (Wildman–Crippen LogP) is 0.534. The first kappa shape index (κ1) is 9.71. The van der Waals surface area contributed by atoms with Gasteiger partial charge in [-0.05, 0) is 31.7 Å². The van der Waals surface area contributed by atoms with Gasteiger partial charge in [-0.15, -0.1) is 0 Å². The van der Waals surface area contributed by atoms with Gasteiger partial charge in [0.2, 0.25) is 5.91 Å². The Kier molecular flexibility index (Phi) is 2.87. The molecule has 2 rings (SSSR count). The number of allylic oxidation sites excluding steroid dienone is 2. The average molecular weight is 194 g/mol. The number of carbonyl (C=O) groups is 1. The minimum atomic E-state index is 0.247. The van der Waals surface area contributed by atoms with Crippen molar-refractivity contribution in [3.8, 4) is 0 Å². The molecule has 3 atom stereocenters. The molecule has 14 heavy (non-hydrogen) atoms. The zero-order valence-electron chi connectivity index (χ0n) is 8.62. The SMILES string of the molecule is CNCCNC(=O)C1CC2C=CC1C2. The van der Waals surface area contributed by atoms with Gasteiger partial charge in [-0.3, -0.25) is 4.79 Å². The topological polar surface area (TPSA) is 41.1 Å². The first-order valence-corrected chi connectivity index (χ1v) is 5.42. The molecule has 0 aromatic carbocycles. The molecule has 0 heterocycles. The van der Waals surface area contributed by atoms with E-state index in [4.69, 9.17) is 0 Å². The van der Waals surface area contributed by atoms with Crippen LogP contribution in [0.3, 0.4) is 0 Å². The van der Waals surface area contributed by atoms with Gasteiger partial charge in [-0.1, -0.05) is 12.2 Å². The molecule has 2 aliphatic carbocycles. The van der Waals surface area contributed by atoms with Crippen LogP contribution in [0.25, 0.3) is 0 Å². The molecule has 0 aromatic heterocycles. The zero-order chi connectivity index (χ0) is 9.97. The second-order valence-electron chi connectivity index (χ2n) is 4.28. The van der Waals surface area contributed by atoms with E-state index >= 15 is 0 Å². The van der Waals surface area contributed by atoms with Crippen LogP contribution in [0.1, 0.15) is 12.8 Å². The summed E-state index contributed by atoms with van der Waals surface area (Å²) in [7, 11) is 1.90. The van der Waals surface area contributed by atoms with Crippen molar-refractivity contribution >= 4 is 5.91 Å². The van der Waals surface area contributed by atoms with Crippen molar-refractivity contribution in [3.05, 3.63) is 12.2 Å². The van der Waals surface area contributed by atoms with E-state index in [9.17, 15) is 4.79 Å². The molecule has 2 N–H and O–H groups in total. The summed E-state index contributed by atoms with van der Waals surface area (Å²) in [5, 5.41) is 5.99. The van der Waals surface area contributed by atoms with E-state index in [0.29, 0.717) is 11.8 Å². The summed E-state index contributed by atoms with van der Waals surface area (Å²) in [5.41, 5.74) is 0. The monoisotopic (exact) mass is 194 g/mol. The van der Waals surface area contributed by atoms with Crippen LogP contribution in [0.2, 0.25) is 0 Å². The minimum absolute atomic E-state index is 0.247. The maximum atomic E-state index is 11.7. The lowest BCUT2D eigenvalue weighted by atomic mass is 9.93. The number of likely N-dealkylation sites (N-methyl/N-ethyl adjacent to an activating group) is 1. The molecule has 3 unspecified atom stereocenters. The van der Waals surface area contributed by atoms with Crippen molar-refractivity contribution in [1.82, 2.24) is 10.6 Å². The number of carbonyl (C=O) groups excluding carboxylic acids is 1. The van der Waals surface area contributed by atoms with E-state index in [1.54, 1.807) is 0 Å². The molecule has 2 bridgehead atoms. The number of amides is 1. The Balaban J connectivity index is 1.79. The fourth-order valence-corrected chi connectivity index (χ4v) is 2.52. The summed E-state index contributed by atoms with van der Waals surface area (Å²) in [6, 6.07) is 0. The lowest BCUT2D eigenvalue weighted by molar-refractivity contribution is -0.125. The molecule has 78 valence electrons. The summed E-state index contributed by atoms with van der Waals surface area (Å²) < 4.78 is 0. The van der Waals surface area contributed by atoms with Gasteiger partial charge in [-0.2, -0.15) is 0 Å². The quantitative estimate of drug-likeness (QED) is 0.506. The third-order valence-corrected chi connectivity index (χ3v) is 3.29. The zero-order valence-corrected chi connectivity index (χ0v) is 8.62. The lowest BCUT2D eigenvalue weighted by Crippen LogP contribution is -2.36. The van der Waals surface area contributed by atoms with Crippen molar-refractivity contribution in [2.24, 2.45) is 17.8 Å². The third kappa shape index (κ3) is 1.82. The van der Waals surface area contributed by atoms with Crippen molar-refractivity contribution in [2.45, 2.75) is 12.8 Å². The molecule has 0 aromatic rings. The van der Waals surface area contributed by atoms with Gasteiger partial charge < -0.3 is 10.6 Å². The van der Waals surface area contributed by atoms with Crippen LogP contribution in [0.15, 0.2) is 12.2 Å². The van der Waals surface area contributed by atoms with Gasteiger partial charge in [0.15, 0.2) is 0 Å². The van der Waals surface area contributed by atoms with Crippen LogP contribution in [0.5, 0.6) is 0 Å². The first-order valence-electron chi connectivity index (χ1n) is 5.42. The number of nitrogens with one attached hydrogen (secondary N) is 2. The van der Waals surface area contributed by atoms with E-state index in [-0.39, 0.29) is 11.8 Å². The van der Waals surface area contributed by atoms with Gasteiger partial charge in [0.05, 0.1) is 0 Å². The van der Waals surface area contributed by atoms with Gasteiger partial charge in [0, 0.05) is 19.0 Å². The molecule has 0 saturated heterocycles. The summed E-state index contributed by atoms with van der Waals surface area (Å²) in [4.78, 5) is 11.7. The molecule has 0 radical (unpaired) electrons. The maximum absolute atomic E-state index is 11.7. The smallest absolute Gasteiger partial charge is 0.223 e. The molecule has 0 aliphatic heterocycles. The average Bonchev–Trinajstić information content (AvgIpc) is 2.79. The number of rotatable bonds is 4. The largest absolute Gasteiger partial charge is 0.355 e. The first-order chi connectivity index (χ1) is 6.81. The Morgan fingerprint density at radius 1 is 1.36 bits per heavy atom. The molecular formula is C11H18N2O. The van der Waals surface area contributed by atoms with Crippen molar-refractivity contribution in [1.29, 1.82) is 0 Å². The molecule has 1 saturated carbocycles. The van der Waals surface area contributed by atoms with E-state index < -0.39 is 0 Å². The highest BCUT2D eigenvalue weighted by Gasteiger charge is 2.39. The molecule has 3 heteroatoms. The van der Waals surface area contributed by atoms with Crippen molar-refractivity contribution in [2.75, 3.05) is 20.1 Å². The van der Waals surface area contributed by atoms with Crippen LogP contribution >= 0.6 is 0 Å². The fourth-order valence-electron chi connectivity index (χ4n) is 2.52.